The van der Waals surface area contributed by atoms with E-state index in [4.69, 9.17) is 23.7 Å². The van der Waals surface area contributed by atoms with Gasteiger partial charge in [-0.1, -0.05) is 6.07 Å². The highest BCUT2D eigenvalue weighted by atomic mass is 16.5. The largest absolute Gasteiger partial charge is 0.493 e. The Kier molecular flexibility index (Phi) is 6.68. The molecule has 0 saturated carbocycles. The zero-order valence-corrected chi connectivity index (χ0v) is 20.0. The summed E-state index contributed by atoms with van der Waals surface area (Å²) in [5, 5.41) is 2.96. The van der Waals surface area contributed by atoms with E-state index in [9.17, 15) is 9.59 Å². The molecule has 0 fully saturated rings. The van der Waals surface area contributed by atoms with Gasteiger partial charge >= 0.3 is 0 Å². The summed E-state index contributed by atoms with van der Waals surface area (Å²) >= 11 is 0. The number of carbonyl (C=O) groups excluding carboxylic acids is 2. The molecule has 0 saturated heterocycles. The molecule has 0 unspecified atom stereocenters. The van der Waals surface area contributed by atoms with E-state index in [0.717, 1.165) is 11.1 Å². The number of allylic oxidation sites excluding steroid dienone is 2. The van der Waals surface area contributed by atoms with E-state index in [0.29, 0.717) is 52.9 Å². The Morgan fingerprint density at radius 2 is 1.32 bits per heavy atom. The van der Waals surface area contributed by atoms with Crippen molar-refractivity contribution >= 4 is 11.7 Å². The molecule has 2 aliphatic rings. The van der Waals surface area contributed by atoms with Gasteiger partial charge in [-0.15, -0.1) is 0 Å². The summed E-state index contributed by atoms with van der Waals surface area (Å²) in [6.07, 6.45) is 1.05. The van der Waals surface area contributed by atoms with E-state index in [1.54, 1.807) is 28.4 Å². The summed E-state index contributed by atoms with van der Waals surface area (Å²) in [4.78, 5) is 26.1. The van der Waals surface area contributed by atoms with Gasteiger partial charge in [0.25, 0.3) is 0 Å². The average molecular weight is 468 g/mol. The van der Waals surface area contributed by atoms with Crippen molar-refractivity contribution in [2.24, 2.45) is 0 Å². The number of rotatable bonds is 7. The van der Waals surface area contributed by atoms with Gasteiger partial charge in [0.1, 0.15) is 0 Å². The molecular formula is C26H29NO7. The lowest BCUT2D eigenvalue weighted by molar-refractivity contribution is -0.122. The van der Waals surface area contributed by atoms with Gasteiger partial charge in [-0.05, 0) is 47.7 Å². The predicted octanol–water partition coefficient (Wildman–Crippen LogP) is 3.73. The summed E-state index contributed by atoms with van der Waals surface area (Å²) in [7, 11) is 7.78. The molecule has 1 N–H and O–H groups in total. The fraction of sp³-hybridized carbons (Fsp3) is 0.385. The van der Waals surface area contributed by atoms with Crippen LogP contribution in [0.4, 0.5) is 0 Å². The van der Waals surface area contributed by atoms with Crippen molar-refractivity contribution in [3.63, 3.8) is 0 Å². The first-order valence-corrected chi connectivity index (χ1v) is 11.0. The van der Waals surface area contributed by atoms with E-state index in [2.05, 4.69) is 5.32 Å². The molecule has 1 heterocycles. The van der Waals surface area contributed by atoms with Gasteiger partial charge in [0, 0.05) is 30.0 Å². The first-order valence-electron chi connectivity index (χ1n) is 11.0. The molecule has 1 aliphatic carbocycles. The van der Waals surface area contributed by atoms with Crippen molar-refractivity contribution < 1.29 is 33.3 Å². The minimum absolute atomic E-state index is 0.0137. The van der Waals surface area contributed by atoms with Crippen molar-refractivity contribution in [3.05, 3.63) is 52.7 Å². The van der Waals surface area contributed by atoms with E-state index >= 15 is 0 Å². The van der Waals surface area contributed by atoms with Gasteiger partial charge in [0.2, 0.25) is 11.7 Å². The molecule has 2 atom stereocenters. The number of methoxy groups -OCH3 is 5. The maximum absolute atomic E-state index is 13.5. The summed E-state index contributed by atoms with van der Waals surface area (Å²) in [6, 6.07) is 9.28. The maximum Gasteiger partial charge on any atom is 0.225 e. The molecular weight excluding hydrogens is 438 g/mol. The molecule has 8 nitrogen and oxygen atoms in total. The first-order chi connectivity index (χ1) is 16.4. The Balaban J connectivity index is 1.73. The maximum atomic E-state index is 13.5. The van der Waals surface area contributed by atoms with Gasteiger partial charge in [-0.2, -0.15) is 0 Å². The van der Waals surface area contributed by atoms with Crippen LogP contribution in [0.5, 0.6) is 28.7 Å². The van der Waals surface area contributed by atoms with E-state index in [1.165, 1.54) is 7.11 Å². The lowest BCUT2D eigenvalue weighted by atomic mass is 9.73. The molecule has 1 amide bonds. The Morgan fingerprint density at radius 1 is 0.706 bits per heavy atom. The molecule has 8 heteroatoms. The van der Waals surface area contributed by atoms with E-state index < -0.39 is 5.92 Å². The van der Waals surface area contributed by atoms with Gasteiger partial charge in [-0.3, -0.25) is 9.59 Å². The standard InChI is InChI=1S/C26H29NO7/c1-30-20-7-6-14(10-21(20)31-2)15-8-18-25(19(28)9-15)17(13-24(29)27-18)16-11-22(32-3)26(34-5)23(12-16)33-4/h6-7,10-12,15,17H,8-9,13H2,1-5H3,(H,27,29)/t15-,17+/m1/s1. The molecule has 34 heavy (non-hydrogen) atoms. The van der Waals surface area contributed by atoms with Crippen LogP contribution in [0.2, 0.25) is 0 Å². The minimum Gasteiger partial charge on any atom is -0.493 e. The second kappa shape index (κ2) is 9.67. The van der Waals surface area contributed by atoms with Crippen molar-refractivity contribution in [1.82, 2.24) is 5.32 Å². The first kappa shape index (κ1) is 23.5. The third-order valence-corrected chi connectivity index (χ3v) is 6.50. The molecule has 4 rings (SSSR count). The van der Waals surface area contributed by atoms with Gasteiger partial charge in [0.15, 0.2) is 28.8 Å². The van der Waals surface area contributed by atoms with Crippen LogP contribution in [-0.4, -0.2) is 47.2 Å². The molecule has 2 aromatic rings. The van der Waals surface area contributed by atoms with Crippen molar-refractivity contribution in [1.29, 1.82) is 0 Å². The van der Waals surface area contributed by atoms with Crippen LogP contribution in [0.3, 0.4) is 0 Å². The lowest BCUT2D eigenvalue weighted by Gasteiger charge is -2.35. The fourth-order valence-corrected chi connectivity index (χ4v) is 4.89. The summed E-state index contributed by atoms with van der Waals surface area (Å²) in [5.74, 6) is 2.08. The SMILES string of the molecule is COc1ccc([C@H]2CC(=O)C3=C(C2)NC(=O)C[C@H]3c2cc(OC)c(OC)c(OC)c2)cc1OC. The molecule has 0 spiro atoms. The van der Waals surface area contributed by atoms with Gasteiger partial charge in [0.05, 0.1) is 35.5 Å². The summed E-state index contributed by atoms with van der Waals surface area (Å²) in [5.41, 5.74) is 3.05. The minimum atomic E-state index is -0.392. The lowest BCUT2D eigenvalue weighted by Crippen LogP contribution is -2.38. The molecule has 2 aromatic carbocycles. The molecule has 0 aromatic heterocycles. The number of nitrogens with one attached hydrogen (secondary N) is 1. The van der Waals surface area contributed by atoms with E-state index in [-0.39, 0.29) is 24.0 Å². The number of Topliss-reactive ketones (excluding diaryl/α,β-unsaturated/α-hetero) is 1. The fourth-order valence-electron chi connectivity index (χ4n) is 4.89. The highest BCUT2D eigenvalue weighted by molar-refractivity contribution is 6.02. The number of hydrogen-bond donors (Lipinski definition) is 1. The highest BCUT2D eigenvalue weighted by Gasteiger charge is 2.39. The van der Waals surface area contributed by atoms with E-state index in [1.807, 2.05) is 30.3 Å². The topological polar surface area (TPSA) is 92.3 Å². The second-order valence-electron chi connectivity index (χ2n) is 8.30. The Bertz CT molecular complexity index is 1130. The third-order valence-electron chi connectivity index (χ3n) is 6.50. The van der Waals surface area contributed by atoms with Crippen LogP contribution >= 0.6 is 0 Å². The van der Waals surface area contributed by atoms with Crippen LogP contribution in [-0.2, 0) is 9.59 Å². The molecule has 180 valence electrons. The van der Waals surface area contributed by atoms with Gasteiger partial charge in [-0.25, -0.2) is 0 Å². The number of hydrogen-bond acceptors (Lipinski definition) is 7. The molecule has 0 radical (unpaired) electrons. The molecule has 1 aliphatic heterocycles. The quantitative estimate of drug-likeness (QED) is 0.663. The van der Waals surface area contributed by atoms with Crippen LogP contribution in [0.25, 0.3) is 0 Å². The van der Waals surface area contributed by atoms with Crippen LogP contribution < -0.4 is 29.0 Å². The Labute approximate surface area is 198 Å². The summed E-state index contributed by atoms with van der Waals surface area (Å²) in [6.45, 7) is 0. The second-order valence-corrected chi connectivity index (χ2v) is 8.30. The number of amides is 1. The van der Waals surface area contributed by atoms with Gasteiger partial charge < -0.3 is 29.0 Å². The normalized spacial score (nSPS) is 19.8. The Morgan fingerprint density at radius 3 is 1.91 bits per heavy atom. The van der Waals surface area contributed by atoms with Crippen molar-refractivity contribution in [2.75, 3.05) is 35.5 Å². The number of ketones is 1. The zero-order valence-electron chi connectivity index (χ0n) is 20.0. The number of carbonyl (C=O) groups is 2. The number of ether oxygens (including phenoxy) is 5. The van der Waals surface area contributed by atoms with Crippen LogP contribution in [0.15, 0.2) is 41.6 Å². The number of benzene rings is 2. The van der Waals surface area contributed by atoms with Crippen molar-refractivity contribution in [2.45, 2.75) is 31.1 Å². The van der Waals surface area contributed by atoms with Crippen molar-refractivity contribution in [3.8, 4) is 28.7 Å². The molecule has 0 bridgehead atoms. The highest BCUT2D eigenvalue weighted by Crippen LogP contribution is 2.47. The Hall–Kier alpha value is -3.68. The third kappa shape index (κ3) is 4.16. The summed E-state index contributed by atoms with van der Waals surface area (Å²) < 4.78 is 27.2. The van der Waals surface area contributed by atoms with Crippen LogP contribution in [0, 0.1) is 0 Å². The monoisotopic (exact) mass is 467 g/mol. The van der Waals surface area contributed by atoms with Crippen LogP contribution in [0.1, 0.15) is 42.2 Å². The smallest absolute Gasteiger partial charge is 0.225 e. The average Bonchev–Trinajstić information content (AvgIpc) is 2.86. The zero-order chi connectivity index (χ0) is 24.4. The predicted molar refractivity (Wildman–Crippen MR) is 125 cm³/mol.